The number of halogens is 2. The lowest BCUT2D eigenvalue weighted by atomic mass is 10.1. The van der Waals surface area contributed by atoms with Crippen LogP contribution in [0.5, 0.6) is 6.01 Å². The van der Waals surface area contributed by atoms with Crippen molar-refractivity contribution in [2.24, 2.45) is 0 Å². The van der Waals surface area contributed by atoms with Gasteiger partial charge in [-0.3, -0.25) is 4.90 Å². The summed E-state index contributed by atoms with van der Waals surface area (Å²) in [6.07, 6.45) is 5.51. The van der Waals surface area contributed by atoms with Crippen molar-refractivity contribution in [2.75, 3.05) is 13.1 Å². The molecule has 2 aromatic rings. The molecule has 0 unspecified atom stereocenters. The maximum Gasteiger partial charge on any atom is 0.316 e. The molecule has 0 saturated carbocycles. The van der Waals surface area contributed by atoms with Gasteiger partial charge in [0.2, 0.25) is 0 Å². The fraction of sp³-hybridized carbons (Fsp3) is 0.412. The minimum Gasteiger partial charge on any atom is -0.460 e. The van der Waals surface area contributed by atoms with Crippen molar-refractivity contribution in [3.8, 4) is 6.01 Å². The molecular formula is C17H19BrFN3O. The molecule has 1 aromatic heterocycles. The number of nitrogens with zero attached hydrogens (tertiary/aromatic N) is 3. The summed E-state index contributed by atoms with van der Waals surface area (Å²) in [5.74, 6) is -0.196. The second-order valence-electron chi connectivity index (χ2n) is 5.87. The summed E-state index contributed by atoms with van der Waals surface area (Å²) in [6, 6.07) is 5.26. The zero-order valence-electron chi connectivity index (χ0n) is 13.0. The number of piperidine rings is 1. The Balaban J connectivity index is 1.52. The van der Waals surface area contributed by atoms with Gasteiger partial charge in [0.05, 0.1) is 0 Å². The van der Waals surface area contributed by atoms with Gasteiger partial charge in [-0.1, -0.05) is 15.9 Å². The number of hydrogen-bond acceptors (Lipinski definition) is 4. The average Bonchev–Trinajstić information content (AvgIpc) is 2.55. The molecule has 1 aliphatic rings. The van der Waals surface area contributed by atoms with Gasteiger partial charge in [-0.05, 0) is 49.1 Å². The van der Waals surface area contributed by atoms with Crippen molar-refractivity contribution in [2.45, 2.75) is 32.4 Å². The summed E-state index contributed by atoms with van der Waals surface area (Å²) < 4.78 is 20.1. The molecule has 0 atom stereocenters. The van der Waals surface area contributed by atoms with Gasteiger partial charge in [-0.2, -0.15) is 0 Å². The Morgan fingerprint density at radius 1 is 1.26 bits per heavy atom. The van der Waals surface area contributed by atoms with E-state index >= 15 is 0 Å². The van der Waals surface area contributed by atoms with Crippen molar-refractivity contribution < 1.29 is 9.13 Å². The Bertz CT molecular complexity index is 657. The molecule has 0 radical (unpaired) electrons. The van der Waals surface area contributed by atoms with Crippen LogP contribution in [0.1, 0.15) is 24.0 Å². The highest BCUT2D eigenvalue weighted by molar-refractivity contribution is 9.10. The van der Waals surface area contributed by atoms with Crippen molar-refractivity contribution in [3.63, 3.8) is 0 Å². The van der Waals surface area contributed by atoms with Crippen molar-refractivity contribution >= 4 is 15.9 Å². The number of rotatable bonds is 4. The molecular weight excluding hydrogens is 361 g/mol. The Morgan fingerprint density at radius 3 is 2.65 bits per heavy atom. The lowest BCUT2D eigenvalue weighted by Gasteiger charge is -2.31. The normalized spacial score (nSPS) is 16.5. The van der Waals surface area contributed by atoms with Crippen LogP contribution in [-0.2, 0) is 6.54 Å². The van der Waals surface area contributed by atoms with E-state index in [1.54, 1.807) is 24.5 Å². The Labute approximate surface area is 143 Å². The van der Waals surface area contributed by atoms with Gasteiger partial charge in [0.25, 0.3) is 0 Å². The fourth-order valence-corrected chi connectivity index (χ4v) is 3.05. The first-order chi connectivity index (χ1) is 11.1. The number of aromatic nitrogens is 2. The molecule has 0 bridgehead atoms. The van der Waals surface area contributed by atoms with E-state index in [0.29, 0.717) is 6.01 Å². The second kappa shape index (κ2) is 7.36. The van der Waals surface area contributed by atoms with Crippen LogP contribution >= 0.6 is 15.9 Å². The predicted octanol–water partition coefficient (Wildman–Crippen LogP) is 3.73. The second-order valence-corrected chi connectivity index (χ2v) is 6.73. The monoisotopic (exact) mass is 379 g/mol. The summed E-state index contributed by atoms with van der Waals surface area (Å²) in [5, 5.41) is 0. The van der Waals surface area contributed by atoms with Crippen LogP contribution in [0.4, 0.5) is 4.39 Å². The molecule has 0 aliphatic carbocycles. The number of hydrogen-bond donors (Lipinski definition) is 0. The molecule has 6 heteroatoms. The summed E-state index contributed by atoms with van der Waals surface area (Å²) in [4.78, 5) is 10.7. The van der Waals surface area contributed by atoms with E-state index in [1.807, 2.05) is 6.92 Å². The fourth-order valence-electron chi connectivity index (χ4n) is 2.68. The van der Waals surface area contributed by atoms with E-state index in [2.05, 4.69) is 30.8 Å². The van der Waals surface area contributed by atoms with Crippen LogP contribution < -0.4 is 4.74 Å². The lowest BCUT2D eigenvalue weighted by Crippen LogP contribution is -2.38. The molecule has 1 aromatic carbocycles. The summed E-state index contributed by atoms with van der Waals surface area (Å²) in [6.45, 7) is 4.53. The molecule has 2 heterocycles. The van der Waals surface area contributed by atoms with Gasteiger partial charge in [0.1, 0.15) is 11.9 Å². The molecule has 0 amide bonds. The third kappa shape index (κ3) is 4.48. The Morgan fingerprint density at radius 2 is 1.96 bits per heavy atom. The third-order valence-corrected chi connectivity index (χ3v) is 4.74. The molecule has 0 N–H and O–H groups in total. The predicted molar refractivity (Wildman–Crippen MR) is 89.8 cm³/mol. The molecule has 0 spiro atoms. The minimum absolute atomic E-state index is 0.143. The van der Waals surface area contributed by atoms with Gasteiger partial charge in [0, 0.05) is 36.5 Å². The number of aryl methyl sites for hydroxylation is 1. The summed E-state index contributed by atoms with van der Waals surface area (Å²) in [7, 11) is 0. The van der Waals surface area contributed by atoms with Crippen LogP contribution in [0, 0.1) is 12.7 Å². The average molecular weight is 380 g/mol. The van der Waals surface area contributed by atoms with Crippen LogP contribution in [0.25, 0.3) is 0 Å². The minimum atomic E-state index is -0.196. The van der Waals surface area contributed by atoms with Crippen molar-refractivity contribution in [3.05, 3.63) is 52.0 Å². The molecule has 4 nitrogen and oxygen atoms in total. The maximum absolute atomic E-state index is 13.4. The highest BCUT2D eigenvalue weighted by Gasteiger charge is 2.22. The first kappa shape index (κ1) is 16.3. The third-order valence-electron chi connectivity index (χ3n) is 3.97. The topological polar surface area (TPSA) is 38.2 Å². The van der Waals surface area contributed by atoms with Crippen LogP contribution in [0.2, 0.25) is 0 Å². The molecule has 122 valence electrons. The molecule has 1 fully saturated rings. The van der Waals surface area contributed by atoms with Crippen molar-refractivity contribution in [1.29, 1.82) is 0 Å². The SMILES string of the molecule is Cc1cnc(OC2CCN(Cc3cc(F)ccc3Br)CC2)nc1. The number of ether oxygens (including phenoxy) is 1. The van der Waals surface area contributed by atoms with Gasteiger partial charge < -0.3 is 4.74 Å². The van der Waals surface area contributed by atoms with Crippen LogP contribution in [0.3, 0.4) is 0 Å². The van der Waals surface area contributed by atoms with Gasteiger partial charge in [-0.15, -0.1) is 0 Å². The highest BCUT2D eigenvalue weighted by atomic mass is 79.9. The first-order valence-electron chi connectivity index (χ1n) is 7.72. The molecule has 1 aliphatic heterocycles. The van der Waals surface area contributed by atoms with Crippen LogP contribution in [-0.4, -0.2) is 34.1 Å². The molecule has 1 saturated heterocycles. The van der Waals surface area contributed by atoms with E-state index in [0.717, 1.165) is 48.1 Å². The smallest absolute Gasteiger partial charge is 0.316 e. The van der Waals surface area contributed by atoms with Crippen molar-refractivity contribution in [1.82, 2.24) is 14.9 Å². The first-order valence-corrected chi connectivity index (χ1v) is 8.51. The Hall–Kier alpha value is -1.53. The van der Waals surface area contributed by atoms with Gasteiger partial charge >= 0.3 is 6.01 Å². The standard InChI is InChI=1S/C17H19BrFN3O/c1-12-9-20-17(21-10-12)23-15-4-6-22(7-5-15)11-13-8-14(19)2-3-16(13)18/h2-3,8-10,15H,4-7,11H2,1H3. The molecule has 23 heavy (non-hydrogen) atoms. The number of benzene rings is 1. The zero-order valence-corrected chi connectivity index (χ0v) is 14.6. The summed E-state index contributed by atoms with van der Waals surface area (Å²) in [5.41, 5.74) is 2.00. The number of likely N-dealkylation sites (tertiary alicyclic amines) is 1. The van der Waals surface area contributed by atoms with Gasteiger partial charge in [0.15, 0.2) is 0 Å². The summed E-state index contributed by atoms with van der Waals surface area (Å²) >= 11 is 3.48. The quantitative estimate of drug-likeness (QED) is 0.810. The largest absolute Gasteiger partial charge is 0.460 e. The highest BCUT2D eigenvalue weighted by Crippen LogP contribution is 2.22. The maximum atomic E-state index is 13.4. The van der Waals surface area contributed by atoms with Crippen LogP contribution in [0.15, 0.2) is 35.1 Å². The van der Waals surface area contributed by atoms with E-state index in [-0.39, 0.29) is 11.9 Å². The van der Waals surface area contributed by atoms with E-state index in [1.165, 1.54) is 6.07 Å². The van der Waals surface area contributed by atoms with Gasteiger partial charge in [-0.25, -0.2) is 14.4 Å². The molecule has 3 rings (SSSR count). The van der Waals surface area contributed by atoms with E-state index in [4.69, 9.17) is 4.74 Å². The lowest BCUT2D eigenvalue weighted by molar-refractivity contribution is 0.0890. The van der Waals surface area contributed by atoms with E-state index < -0.39 is 0 Å². The zero-order chi connectivity index (χ0) is 16.2. The van der Waals surface area contributed by atoms with E-state index in [9.17, 15) is 4.39 Å². The Kier molecular flexibility index (Phi) is 5.23.